The summed E-state index contributed by atoms with van der Waals surface area (Å²) in [6, 6.07) is -4.13. The van der Waals surface area contributed by atoms with Gasteiger partial charge in [0.05, 0.1) is 6.04 Å². The van der Waals surface area contributed by atoms with E-state index in [0.29, 0.717) is 19.5 Å². The van der Waals surface area contributed by atoms with Crippen LogP contribution in [0.25, 0.3) is 0 Å². The van der Waals surface area contributed by atoms with Crippen LogP contribution in [0, 0.1) is 34.0 Å². The van der Waals surface area contributed by atoms with Crippen molar-refractivity contribution in [3.05, 3.63) is 12.7 Å². The van der Waals surface area contributed by atoms with Gasteiger partial charge in [0.25, 0.3) is 5.91 Å². The largest absolute Gasteiger partial charge is 0.346 e. The first kappa shape index (κ1) is 37.4. The highest BCUT2D eigenvalue weighted by Gasteiger charge is 2.70. The molecular weight excluding hydrogens is 612 g/mol. The zero-order chi connectivity index (χ0) is 35.6. The number of nitrogens with one attached hydrogen (secondary N) is 5. The van der Waals surface area contributed by atoms with E-state index in [-0.39, 0.29) is 35.6 Å². The Kier molecular flexibility index (Phi) is 11.4. The van der Waals surface area contributed by atoms with Gasteiger partial charge in [0.15, 0.2) is 0 Å². The zero-order valence-electron chi connectivity index (χ0n) is 30.0. The van der Waals surface area contributed by atoms with Crippen LogP contribution in [0.2, 0.25) is 0 Å². The fourth-order valence-corrected chi connectivity index (χ4v) is 7.99. The van der Waals surface area contributed by atoms with E-state index in [1.54, 1.807) is 4.90 Å². The minimum atomic E-state index is -0.997. The van der Waals surface area contributed by atoms with Crippen molar-refractivity contribution in [3.63, 3.8) is 0 Å². The highest BCUT2D eigenvalue weighted by atomic mass is 16.2. The van der Waals surface area contributed by atoms with Gasteiger partial charge in [-0.05, 0) is 60.2 Å². The van der Waals surface area contributed by atoms with Gasteiger partial charge in [0.2, 0.25) is 23.5 Å². The van der Waals surface area contributed by atoms with E-state index in [4.69, 9.17) is 0 Å². The van der Waals surface area contributed by atoms with Crippen LogP contribution in [0.3, 0.4) is 0 Å². The molecule has 48 heavy (non-hydrogen) atoms. The SMILES string of the molecule is C=CCNC(=O)C(=O)C(CC1CC1)NC(=O)[C@@H]1C2C(CN1C(=O)[C@@H](NC(=O)[C@@H](NC(=O)NCC)C1(C)CCCCC1)C(C)(C)C)C2(C)C. The molecule has 268 valence electrons. The topological polar surface area (TPSA) is 166 Å². The number of carbonyl (C=O) groups excluding carboxylic acids is 6. The summed E-state index contributed by atoms with van der Waals surface area (Å²) in [4.78, 5) is 82.9. The Labute approximate surface area is 285 Å². The monoisotopic (exact) mass is 670 g/mol. The average Bonchev–Trinajstić information content (AvgIpc) is 3.87. The summed E-state index contributed by atoms with van der Waals surface area (Å²) in [6.07, 6.45) is 8.21. The number of likely N-dealkylation sites (tertiary alicyclic amines) is 1. The van der Waals surface area contributed by atoms with Gasteiger partial charge in [-0.15, -0.1) is 6.58 Å². The molecule has 12 nitrogen and oxygen atoms in total. The molecule has 4 rings (SSSR count). The predicted octanol–water partition coefficient (Wildman–Crippen LogP) is 2.81. The molecule has 1 aliphatic heterocycles. The maximum absolute atomic E-state index is 14.5. The second kappa shape index (κ2) is 14.6. The number of rotatable bonds is 14. The molecule has 0 aromatic heterocycles. The number of hydrogen-bond donors (Lipinski definition) is 5. The summed E-state index contributed by atoms with van der Waals surface area (Å²) >= 11 is 0. The van der Waals surface area contributed by atoms with Crippen molar-refractivity contribution in [3.8, 4) is 0 Å². The number of hydrogen-bond acceptors (Lipinski definition) is 6. The molecule has 0 radical (unpaired) electrons. The molecule has 0 aromatic rings. The van der Waals surface area contributed by atoms with E-state index in [2.05, 4.69) is 47.0 Å². The van der Waals surface area contributed by atoms with Gasteiger partial charge < -0.3 is 31.5 Å². The van der Waals surface area contributed by atoms with E-state index < -0.39 is 64.5 Å². The normalized spacial score (nSPS) is 25.7. The van der Waals surface area contributed by atoms with Crippen molar-refractivity contribution in [2.45, 2.75) is 124 Å². The fraction of sp³-hybridized carbons (Fsp3) is 0.778. The van der Waals surface area contributed by atoms with Crippen LogP contribution in [-0.2, 0) is 24.0 Å². The maximum atomic E-state index is 14.5. The molecule has 0 bridgehead atoms. The molecule has 0 aromatic carbocycles. The molecular formula is C36H58N6O6. The number of Topliss-reactive ketones (excluding diaryl/α,β-unsaturated/α-hetero) is 1. The molecule has 6 atom stereocenters. The third-order valence-electron chi connectivity index (χ3n) is 11.3. The smallest absolute Gasteiger partial charge is 0.315 e. The Morgan fingerprint density at radius 2 is 1.58 bits per heavy atom. The van der Waals surface area contributed by atoms with E-state index >= 15 is 0 Å². The van der Waals surface area contributed by atoms with Gasteiger partial charge in [0, 0.05) is 19.6 Å². The molecule has 4 aliphatic rings. The van der Waals surface area contributed by atoms with E-state index in [1.165, 1.54) is 6.08 Å². The molecule has 5 N–H and O–H groups in total. The molecule has 0 spiro atoms. The molecule has 3 unspecified atom stereocenters. The second-order valence-electron chi connectivity index (χ2n) is 16.5. The van der Waals surface area contributed by atoms with Gasteiger partial charge in [-0.3, -0.25) is 24.0 Å². The molecule has 6 amide bonds. The van der Waals surface area contributed by atoms with Crippen LogP contribution >= 0.6 is 0 Å². The summed E-state index contributed by atoms with van der Waals surface area (Å²) in [6.45, 7) is 18.0. The van der Waals surface area contributed by atoms with Crippen LogP contribution in [0.15, 0.2) is 12.7 Å². The van der Waals surface area contributed by atoms with Gasteiger partial charge >= 0.3 is 6.03 Å². The predicted molar refractivity (Wildman–Crippen MR) is 182 cm³/mol. The number of amides is 6. The van der Waals surface area contributed by atoms with Crippen molar-refractivity contribution < 1.29 is 28.8 Å². The molecule has 1 saturated heterocycles. The second-order valence-corrected chi connectivity index (χ2v) is 16.5. The number of piperidine rings is 1. The lowest BCUT2D eigenvalue weighted by molar-refractivity contribution is -0.147. The van der Waals surface area contributed by atoms with Crippen LogP contribution in [0.4, 0.5) is 4.79 Å². The molecule has 3 saturated carbocycles. The number of carbonyl (C=O) groups is 6. The Balaban J connectivity index is 1.58. The Morgan fingerprint density at radius 3 is 2.15 bits per heavy atom. The molecule has 3 aliphatic carbocycles. The third kappa shape index (κ3) is 8.22. The van der Waals surface area contributed by atoms with Gasteiger partial charge in [-0.2, -0.15) is 0 Å². The van der Waals surface area contributed by atoms with Gasteiger partial charge in [-0.25, -0.2) is 4.79 Å². The minimum Gasteiger partial charge on any atom is -0.346 e. The van der Waals surface area contributed by atoms with Gasteiger partial charge in [0.1, 0.15) is 18.1 Å². The standard InChI is InChI=1S/C36H58N6O6/c1-9-18-38-30(45)26(43)23(19-21-14-15-21)39-29(44)25-24-22(35(24,6)7)20-42(25)32(47)28(34(3,4)5)40-31(46)27(41-33(48)37-10-2)36(8)16-12-11-13-17-36/h9,21-25,27-28H,1,10-20H2,2-8H3,(H,38,45)(H,39,44)(H,40,46)(H2,37,41,48)/t22?,23?,24?,25-,27+,28+/m0/s1. The van der Waals surface area contributed by atoms with Crippen molar-refractivity contribution in [2.24, 2.45) is 34.0 Å². The third-order valence-corrected chi connectivity index (χ3v) is 11.3. The average molecular weight is 671 g/mol. The van der Waals surface area contributed by atoms with Gasteiger partial charge in [-0.1, -0.05) is 79.7 Å². The highest BCUT2D eigenvalue weighted by Crippen LogP contribution is 2.65. The lowest BCUT2D eigenvalue weighted by Crippen LogP contribution is -2.64. The van der Waals surface area contributed by atoms with Crippen LogP contribution < -0.4 is 26.6 Å². The lowest BCUT2D eigenvalue weighted by atomic mass is 9.70. The van der Waals surface area contributed by atoms with Crippen LogP contribution in [0.5, 0.6) is 0 Å². The Morgan fingerprint density at radius 1 is 0.938 bits per heavy atom. The lowest BCUT2D eigenvalue weighted by Gasteiger charge is -2.42. The van der Waals surface area contributed by atoms with Crippen molar-refractivity contribution in [1.29, 1.82) is 0 Å². The van der Waals surface area contributed by atoms with Crippen molar-refractivity contribution in [1.82, 2.24) is 31.5 Å². The van der Waals surface area contributed by atoms with E-state index in [1.807, 2.05) is 34.6 Å². The highest BCUT2D eigenvalue weighted by molar-refractivity contribution is 6.38. The van der Waals surface area contributed by atoms with Crippen molar-refractivity contribution in [2.75, 3.05) is 19.6 Å². The summed E-state index contributed by atoms with van der Waals surface area (Å²) in [5.41, 5.74) is -1.40. The first-order valence-electron chi connectivity index (χ1n) is 17.8. The summed E-state index contributed by atoms with van der Waals surface area (Å²) in [7, 11) is 0. The summed E-state index contributed by atoms with van der Waals surface area (Å²) in [5.74, 6) is -2.54. The minimum absolute atomic E-state index is 0.0790. The zero-order valence-corrected chi connectivity index (χ0v) is 30.0. The van der Waals surface area contributed by atoms with Crippen molar-refractivity contribution >= 4 is 35.4 Å². The summed E-state index contributed by atoms with van der Waals surface area (Å²) < 4.78 is 0. The molecule has 1 heterocycles. The number of nitrogens with zero attached hydrogens (tertiary/aromatic N) is 1. The number of ketones is 1. The fourth-order valence-electron chi connectivity index (χ4n) is 7.99. The number of fused-ring (bicyclic) bond motifs is 1. The summed E-state index contributed by atoms with van der Waals surface area (Å²) in [5, 5.41) is 14.0. The van der Waals surface area contributed by atoms with E-state index in [9.17, 15) is 28.8 Å². The first-order valence-corrected chi connectivity index (χ1v) is 17.8. The Hall–Kier alpha value is -3.44. The first-order chi connectivity index (χ1) is 22.5. The maximum Gasteiger partial charge on any atom is 0.315 e. The van der Waals surface area contributed by atoms with Crippen LogP contribution in [0.1, 0.15) is 99.8 Å². The van der Waals surface area contributed by atoms with Crippen LogP contribution in [-0.4, -0.2) is 84.1 Å². The molecule has 4 fully saturated rings. The quantitative estimate of drug-likeness (QED) is 0.141. The Bertz CT molecular complexity index is 1280. The molecule has 12 heteroatoms. The number of urea groups is 1. The van der Waals surface area contributed by atoms with E-state index in [0.717, 1.165) is 44.9 Å².